The van der Waals surface area contributed by atoms with Gasteiger partial charge in [0.05, 0.1) is 12.2 Å². The molecule has 7 heteroatoms. The Labute approximate surface area is 115 Å². The number of carbonyl (C=O) groups is 2. The van der Waals surface area contributed by atoms with Gasteiger partial charge < -0.3 is 15.7 Å². The quantitative estimate of drug-likeness (QED) is 0.711. The number of terminal acetylenes is 1. The SMILES string of the molecule is C#CCC(C)NC(=O)NCc1nc(C)c(C(=O)O)s1. The second-order valence-electron chi connectivity index (χ2n) is 3.96. The van der Waals surface area contributed by atoms with Crippen LogP contribution in [0.4, 0.5) is 4.79 Å². The van der Waals surface area contributed by atoms with Crippen molar-refractivity contribution in [2.75, 3.05) is 0 Å². The number of aromatic carboxylic acids is 1. The number of nitrogens with zero attached hydrogens (tertiary/aromatic N) is 1. The van der Waals surface area contributed by atoms with Gasteiger partial charge in [0.1, 0.15) is 9.88 Å². The van der Waals surface area contributed by atoms with Crippen molar-refractivity contribution >= 4 is 23.3 Å². The third-order valence-electron chi connectivity index (χ3n) is 2.24. The Bertz CT molecular complexity index is 519. The summed E-state index contributed by atoms with van der Waals surface area (Å²) in [6.07, 6.45) is 5.58. The molecule has 6 nitrogen and oxygen atoms in total. The first-order valence-electron chi connectivity index (χ1n) is 5.61. The van der Waals surface area contributed by atoms with Crippen LogP contribution >= 0.6 is 11.3 Å². The molecule has 0 bridgehead atoms. The fourth-order valence-corrected chi connectivity index (χ4v) is 2.23. The molecular formula is C12H15N3O3S. The largest absolute Gasteiger partial charge is 0.477 e. The molecule has 0 aliphatic heterocycles. The molecule has 3 N–H and O–H groups in total. The highest BCUT2D eigenvalue weighted by molar-refractivity contribution is 7.13. The molecule has 1 aromatic rings. The molecule has 0 aliphatic carbocycles. The fraction of sp³-hybridized carbons (Fsp3) is 0.417. The highest BCUT2D eigenvalue weighted by atomic mass is 32.1. The van der Waals surface area contributed by atoms with Crippen LogP contribution in [0.25, 0.3) is 0 Å². The summed E-state index contributed by atoms with van der Waals surface area (Å²) in [6, 6.07) is -0.468. The molecule has 0 fully saturated rings. The average Bonchev–Trinajstić information content (AvgIpc) is 2.68. The van der Waals surface area contributed by atoms with Gasteiger partial charge in [0.2, 0.25) is 0 Å². The number of thiazole rings is 1. The second-order valence-corrected chi connectivity index (χ2v) is 5.05. The second kappa shape index (κ2) is 6.75. The number of amides is 2. The molecule has 0 saturated heterocycles. The van der Waals surface area contributed by atoms with Crippen LogP contribution in [-0.4, -0.2) is 28.1 Å². The molecule has 1 atom stereocenters. The van der Waals surface area contributed by atoms with Crippen LogP contribution in [0.3, 0.4) is 0 Å². The van der Waals surface area contributed by atoms with E-state index in [0.29, 0.717) is 17.1 Å². The molecule has 1 rings (SSSR count). The number of carboxylic acid groups (broad SMARTS) is 1. The number of nitrogens with one attached hydrogen (secondary N) is 2. The minimum atomic E-state index is -1.01. The summed E-state index contributed by atoms with van der Waals surface area (Å²) in [5.41, 5.74) is 0.454. The highest BCUT2D eigenvalue weighted by Crippen LogP contribution is 2.17. The molecule has 1 heterocycles. The van der Waals surface area contributed by atoms with Gasteiger partial charge in [0, 0.05) is 12.5 Å². The van der Waals surface area contributed by atoms with E-state index in [9.17, 15) is 9.59 Å². The molecule has 1 aromatic heterocycles. The first kappa shape index (κ1) is 15.0. The molecule has 0 spiro atoms. The van der Waals surface area contributed by atoms with Crippen LogP contribution < -0.4 is 10.6 Å². The van der Waals surface area contributed by atoms with Gasteiger partial charge in [0.15, 0.2) is 0 Å². The van der Waals surface area contributed by atoms with E-state index in [0.717, 1.165) is 11.3 Å². The molecule has 0 radical (unpaired) electrons. The molecule has 0 aromatic carbocycles. The maximum Gasteiger partial charge on any atom is 0.347 e. The Morgan fingerprint density at radius 3 is 2.79 bits per heavy atom. The van der Waals surface area contributed by atoms with Gasteiger partial charge in [0.25, 0.3) is 0 Å². The lowest BCUT2D eigenvalue weighted by Gasteiger charge is -2.11. The zero-order valence-electron chi connectivity index (χ0n) is 10.7. The van der Waals surface area contributed by atoms with Gasteiger partial charge in [-0.2, -0.15) is 0 Å². The van der Waals surface area contributed by atoms with Gasteiger partial charge in [-0.05, 0) is 13.8 Å². The molecule has 19 heavy (non-hydrogen) atoms. The van der Waals surface area contributed by atoms with Crippen LogP contribution in [-0.2, 0) is 6.54 Å². The van der Waals surface area contributed by atoms with E-state index in [1.54, 1.807) is 13.8 Å². The predicted molar refractivity (Wildman–Crippen MR) is 72.1 cm³/mol. The number of urea groups is 1. The van der Waals surface area contributed by atoms with Crippen molar-refractivity contribution in [2.24, 2.45) is 0 Å². The van der Waals surface area contributed by atoms with Gasteiger partial charge in [-0.15, -0.1) is 23.7 Å². The van der Waals surface area contributed by atoms with Gasteiger partial charge in [-0.25, -0.2) is 14.6 Å². The van der Waals surface area contributed by atoms with E-state index in [1.165, 1.54) is 0 Å². The van der Waals surface area contributed by atoms with Crippen molar-refractivity contribution < 1.29 is 14.7 Å². The highest BCUT2D eigenvalue weighted by Gasteiger charge is 2.14. The maximum absolute atomic E-state index is 11.5. The third-order valence-corrected chi connectivity index (χ3v) is 3.38. The number of hydrogen-bond acceptors (Lipinski definition) is 4. The van der Waals surface area contributed by atoms with Crippen molar-refractivity contribution in [3.8, 4) is 12.3 Å². The number of aryl methyl sites for hydroxylation is 1. The van der Waals surface area contributed by atoms with Crippen molar-refractivity contribution in [3.63, 3.8) is 0 Å². The molecule has 0 aliphatic rings. The van der Waals surface area contributed by atoms with Gasteiger partial charge in [-0.1, -0.05) is 0 Å². The lowest BCUT2D eigenvalue weighted by molar-refractivity contribution is 0.0701. The van der Waals surface area contributed by atoms with Crippen LogP contribution in [0.2, 0.25) is 0 Å². The molecular weight excluding hydrogens is 266 g/mol. The van der Waals surface area contributed by atoms with Crippen molar-refractivity contribution in [2.45, 2.75) is 32.9 Å². The Kier molecular flexibility index (Phi) is 5.33. The third kappa shape index (κ3) is 4.60. The Balaban J connectivity index is 2.49. The maximum atomic E-state index is 11.5. The van der Waals surface area contributed by atoms with Crippen LogP contribution in [0.5, 0.6) is 0 Å². The summed E-state index contributed by atoms with van der Waals surface area (Å²) < 4.78 is 0. The minimum Gasteiger partial charge on any atom is -0.477 e. The van der Waals surface area contributed by atoms with Gasteiger partial charge in [-0.3, -0.25) is 0 Å². The molecule has 1 unspecified atom stereocenters. The van der Waals surface area contributed by atoms with Crippen LogP contribution in [0.15, 0.2) is 0 Å². The van der Waals surface area contributed by atoms with E-state index in [1.807, 2.05) is 0 Å². The number of carboxylic acids is 1. The molecule has 2 amide bonds. The summed E-state index contributed by atoms with van der Waals surface area (Å²) >= 11 is 1.05. The lowest BCUT2D eigenvalue weighted by atomic mass is 10.2. The van der Waals surface area contributed by atoms with Crippen LogP contribution in [0.1, 0.15) is 33.7 Å². The lowest BCUT2D eigenvalue weighted by Crippen LogP contribution is -2.40. The summed E-state index contributed by atoms with van der Waals surface area (Å²) in [7, 11) is 0. The summed E-state index contributed by atoms with van der Waals surface area (Å²) in [5.74, 6) is 1.45. The first-order valence-corrected chi connectivity index (χ1v) is 6.43. The topological polar surface area (TPSA) is 91.3 Å². The van der Waals surface area contributed by atoms with E-state index in [2.05, 4.69) is 21.5 Å². The Morgan fingerprint density at radius 2 is 2.26 bits per heavy atom. The monoisotopic (exact) mass is 281 g/mol. The Hall–Kier alpha value is -2.07. The van der Waals surface area contributed by atoms with Crippen molar-refractivity contribution in [1.82, 2.24) is 15.6 Å². The summed E-state index contributed by atoms with van der Waals surface area (Å²) in [6.45, 7) is 3.61. The zero-order valence-corrected chi connectivity index (χ0v) is 11.5. The van der Waals surface area contributed by atoms with Crippen molar-refractivity contribution in [1.29, 1.82) is 0 Å². The predicted octanol–water partition coefficient (Wildman–Crippen LogP) is 1.36. The van der Waals surface area contributed by atoms with E-state index < -0.39 is 5.97 Å². The normalized spacial score (nSPS) is 11.4. The van der Waals surface area contributed by atoms with E-state index in [-0.39, 0.29) is 23.5 Å². The minimum absolute atomic E-state index is 0.113. The standard InChI is InChI=1S/C12H15N3O3S/c1-4-5-7(2)14-12(18)13-6-9-15-8(3)10(19-9)11(16)17/h1,7H,5-6H2,2-3H3,(H,16,17)(H2,13,14,18). The number of hydrogen-bond donors (Lipinski definition) is 3. The average molecular weight is 281 g/mol. The number of aromatic nitrogens is 1. The fourth-order valence-electron chi connectivity index (χ4n) is 1.38. The first-order chi connectivity index (χ1) is 8.93. The number of carbonyl (C=O) groups excluding carboxylic acids is 1. The van der Waals surface area contributed by atoms with Crippen LogP contribution in [0, 0.1) is 19.3 Å². The number of rotatable bonds is 5. The van der Waals surface area contributed by atoms with E-state index >= 15 is 0 Å². The zero-order chi connectivity index (χ0) is 14.4. The molecule has 0 saturated carbocycles. The van der Waals surface area contributed by atoms with Crippen molar-refractivity contribution in [3.05, 3.63) is 15.6 Å². The summed E-state index contributed by atoms with van der Waals surface area (Å²) in [5, 5.41) is 14.7. The van der Waals surface area contributed by atoms with Gasteiger partial charge >= 0.3 is 12.0 Å². The molecule has 102 valence electrons. The van der Waals surface area contributed by atoms with E-state index in [4.69, 9.17) is 11.5 Å². The Morgan fingerprint density at radius 1 is 1.58 bits per heavy atom. The smallest absolute Gasteiger partial charge is 0.347 e. The summed E-state index contributed by atoms with van der Waals surface area (Å²) in [4.78, 5) is 26.6.